The molecule has 1 N–H and O–H groups in total. The second kappa shape index (κ2) is 6.52. The number of rotatable bonds is 4. The van der Waals surface area contributed by atoms with E-state index in [-0.39, 0.29) is 16.9 Å². The Labute approximate surface area is 140 Å². The van der Waals surface area contributed by atoms with E-state index in [0.29, 0.717) is 0 Å². The highest BCUT2D eigenvalue weighted by Crippen LogP contribution is 2.23. The first-order chi connectivity index (χ1) is 10.2. The molecule has 2 aromatic rings. The molecule has 5 heteroatoms. The number of sulfonamides is 1. The van der Waals surface area contributed by atoms with E-state index in [1.54, 1.807) is 12.1 Å². The molecule has 2 rings (SSSR count). The zero-order valence-corrected chi connectivity index (χ0v) is 15.3. The standard InChI is InChI=1S/C17H20BrNO2S/c1-17(2,3)14-8-10-15(11-9-14)22(20,21)19-12-13-6-4-5-7-16(13)18/h4-11,19H,12H2,1-3H3. The molecule has 0 aliphatic rings. The van der Waals surface area contributed by atoms with Crippen molar-refractivity contribution in [3.63, 3.8) is 0 Å². The molecule has 0 fully saturated rings. The average Bonchev–Trinajstić information content (AvgIpc) is 2.46. The predicted octanol–water partition coefficient (Wildman–Crippen LogP) is 4.23. The largest absolute Gasteiger partial charge is 0.240 e. The van der Waals surface area contributed by atoms with E-state index >= 15 is 0 Å². The molecule has 0 spiro atoms. The minimum absolute atomic E-state index is 0.00459. The molecule has 0 saturated heterocycles. The van der Waals surface area contributed by atoms with Gasteiger partial charge in [-0.2, -0.15) is 0 Å². The highest BCUT2D eigenvalue weighted by Gasteiger charge is 2.17. The first kappa shape index (κ1) is 17.2. The lowest BCUT2D eigenvalue weighted by Crippen LogP contribution is -2.23. The molecule has 0 aliphatic carbocycles. The van der Waals surface area contributed by atoms with Crippen molar-refractivity contribution in [2.24, 2.45) is 0 Å². The fourth-order valence-electron chi connectivity index (χ4n) is 2.03. The maximum Gasteiger partial charge on any atom is 0.240 e. The smallest absolute Gasteiger partial charge is 0.207 e. The lowest BCUT2D eigenvalue weighted by atomic mass is 9.87. The highest BCUT2D eigenvalue weighted by molar-refractivity contribution is 9.10. The zero-order chi connectivity index (χ0) is 16.4. The molecule has 3 nitrogen and oxygen atoms in total. The van der Waals surface area contributed by atoms with Crippen LogP contribution in [0.3, 0.4) is 0 Å². The molecule has 0 bridgehead atoms. The number of nitrogens with one attached hydrogen (secondary N) is 1. The first-order valence-electron chi connectivity index (χ1n) is 7.04. The molecule has 0 heterocycles. The average molecular weight is 382 g/mol. The molecule has 0 unspecified atom stereocenters. The molecular formula is C17H20BrNO2S. The molecule has 0 atom stereocenters. The first-order valence-corrected chi connectivity index (χ1v) is 9.31. The van der Waals surface area contributed by atoms with Crippen molar-refractivity contribution in [3.05, 3.63) is 64.1 Å². The maximum absolute atomic E-state index is 12.4. The molecule has 118 valence electrons. The summed E-state index contributed by atoms with van der Waals surface area (Å²) in [6.45, 7) is 6.55. The third-order valence-corrected chi connectivity index (χ3v) is 5.63. The van der Waals surface area contributed by atoms with Gasteiger partial charge in [-0.25, -0.2) is 13.1 Å². The van der Waals surface area contributed by atoms with Gasteiger partial charge in [0.2, 0.25) is 10.0 Å². The van der Waals surface area contributed by atoms with Crippen LogP contribution in [0.4, 0.5) is 0 Å². The van der Waals surface area contributed by atoms with Gasteiger partial charge in [-0.1, -0.05) is 67.0 Å². The van der Waals surface area contributed by atoms with Crippen molar-refractivity contribution >= 4 is 26.0 Å². The van der Waals surface area contributed by atoms with Gasteiger partial charge in [0.25, 0.3) is 0 Å². The van der Waals surface area contributed by atoms with Crippen molar-refractivity contribution in [1.29, 1.82) is 0 Å². The van der Waals surface area contributed by atoms with E-state index in [1.807, 2.05) is 36.4 Å². The molecule has 0 radical (unpaired) electrons. The molecule has 0 aromatic heterocycles. The third-order valence-electron chi connectivity index (χ3n) is 3.44. The number of halogens is 1. The lowest BCUT2D eigenvalue weighted by molar-refractivity contribution is 0.578. The normalized spacial score (nSPS) is 12.4. The van der Waals surface area contributed by atoms with Crippen LogP contribution in [0.15, 0.2) is 57.9 Å². The van der Waals surface area contributed by atoms with E-state index in [2.05, 4.69) is 41.4 Å². The number of benzene rings is 2. The van der Waals surface area contributed by atoms with Crippen molar-refractivity contribution in [2.75, 3.05) is 0 Å². The van der Waals surface area contributed by atoms with E-state index in [9.17, 15) is 8.42 Å². The molecule has 2 aromatic carbocycles. The summed E-state index contributed by atoms with van der Waals surface area (Å²) >= 11 is 3.42. The van der Waals surface area contributed by atoms with Gasteiger partial charge >= 0.3 is 0 Å². The Morgan fingerprint density at radius 1 is 1.00 bits per heavy atom. The summed E-state index contributed by atoms with van der Waals surface area (Å²) in [6.07, 6.45) is 0. The van der Waals surface area contributed by atoms with Crippen LogP contribution in [-0.2, 0) is 22.0 Å². The summed E-state index contributed by atoms with van der Waals surface area (Å²) in [5.74, 6) is 0. The van der Waals surface area contributed by atoms with Crippen molar-refractivity contribution in [1.82, 2.24) is 4.72 Å². The minimum atomic E-state index is -3.51. The second-order valence-electron chi connectivity index (χ2n) is 6.19. The van der Waals surface area contributed by atoms with Crippen LogP contribution in [0.2, 0.25) is 0 Å². The topological polar surface area (TPSA) is 46.2 Å². The van der Waals surface area contributed by atoms with Gasteiger partial charge < -0.3 is 0 Å². The van der Waals surface area contributed by atoms with Crippen LogP contribution in [0, 0.1) is 0 Å². The second-order valence-corrected chi connectivity index (χ2v) is 8.81. The van der Waals surface area contributed by atoms with Gasteiger partial charge in [-0.05, 0) is 34.7 Å². The lowest BCUT2D eigenvalue weighted by Gasteiger charge is -2.19. The van der Waals surface area contributed by atoms with E-state index < -0.39 is 10.0 Å². The summed E-state index contributed by atoms with van der Waals surface area (Å²) < 4.78 is 28.2. The minimum Gasteiger partial charge on any atom is -0.207 e. The molecule has 0 aliphatic heterocycles. The summed E-state index contributed by atoms with van der Waals surface area (Å²) in [6, 6.07) is 14.6. The van der Waals surface area contributed by atoms with Crippen molar-refractivity contribution < 1.29 is 8.42 Å². The van der Waals surface area contributed by atoms with Gasteiger partial charge in [0, 0.05) is 11.0 Å². The SMILES string of the molecule is CC(C)(C)c1ccc(S(=O)(=O)NCc2ccccc2Br)cc1. The van der Waals surface area contributed by atoms with E-state index in [1.165, 1.54) is 0 Å². The highest BCUT2D eigenvalue weighted by atomic mass is 79.9. The molecular weight excluding hydrogens is 362 g/mol. The Morgan fingerprint density at radius 2 is 1.59 bits per heavy atom. The Hall–Kier alpha value is -1.17. The summed E-state index contributed by atoms with van der Waals surface area (Å²) in [4.78, 5) is 0.285. The van der Waals surface area contributed by atoms with Crippen LogP contribution in [-0.4, -0.2) is 8.42 Å². The van der Waals surface area contributed by atoms with Crippen LogP contribution in [0.25, 0.3) is 0 Å². The monoisotopic (exact) mass is 381 g/mol. The van der Waals surface area contributed by atoms with Gasteiger partial charge in [0.15, 0.2) is 0 Å². The Morgan fingerprint density at radius 3 is 2.14 bits per heavy atom. The fraction of sp³-hybridized carbons (Fsp3) is 0.294. The maximum atomic E-state index is 12.4. The quantitative estimate of drug-likeness (QED) is 0.861. The Kier molecular flexibility index (Phi) is 5.10. The van der Waals surface area contributed by atoms with Crippen LogP contribution in [0.5, 0.6) is 0 Å². The summed E-state index contributed by atoms with van der Waals surface area (Å²) in [5.41, 5.74) is 2.01. The predicted molar refractivity (Wildman–Crippen MR) is 93.3 cm³/mol. The van der Waals surface area contributed by atoms with E-state index in [4.69, 9.17) is 0 Å². The van der Waals surface area contributed by atoms with Gasteiger partial charge in [0.1, 0.15) is 0 Å². The molecule has 22 heavy (non-hydrogen) atoms. The van der Waals surface area contributed by atoms with Crippen molar-refractivity contribution in [3.8, 4) is 0 Å². The zero-order valence-electron chi connectivity index (χ0n) is 12.9. The Balaban J connectivity index is 2.15. The number of hydrogen-bond acceptors (Lipinski definition) is 2. The third kappa shape index (κ3) is 4.18. The van der Waals surface area contributed by atoms with Crippen LogP contribution < -0.4 is 4.72 Å². The molecule has 0 amide bonds. The Bertz CT molecular complexity index is 747. The van der Waals surface area contributed by atoms with Crippen LogP contribution >= 0.6 is 15.9 Å². The van der Waals surface area contributed by atoms with Gasteiger partial charge in [-0.3, -0.25) is 0 Å². The summed E-state index contributed by atoms with van der Waals surface area (Å²) in [7, 11) is -3.51. The molecule has 0 saturated carbocycles. The fourth-order valence-corrected chi connectivity index (χ4v) is 3.46. The van der Waals surface area contributed by atoms with Crippen molar-refractivity contribution in [2.45, 2.75) is 37.6 Å². The number of hydrogen-bond donors (Lipinski definition) is 1. The summed E-state index contributed by atoms with van der Waals surface area (Å²) in [5, 5.41) is 0. The van der Waals surface area contributed by atoms with Gasteiger partial charge in [-0.15, -0.1) is 0 Å². The van der Waals surface area contributed by atoms with Gasteiger partial charge in [0.05, 0.1) is 4.90 Å². The van der Waals surface area contributed by atoms with Crippen LogP contribution in [0.1, 0.15) is 31.9 Å². The van der Waals surface area contributed by atoms with E-state index in [0.717, 1.165) is 15.6 Å².